The first-order chi connectivity index (χ1) is 9.78. The number of aliphatic hydroxyl groups is 1. The molecule has 4 nitrogen and oxygen atoms in total. The van der Waals surface area contributed by atoms with Gasteiger partial charge in [0, 0.05) is 51.0 Å². The van der Waals surface area contributed by atoms with Crippen molar-refractivity contribution in [1.82, 2.24) is 10.2 Å². The van der Waals surface area contributed by atoms with Crippen LogP contribution in [0.2, 0.25) is 0 Å². The molecule has 1 rings (SSSR count). The molecular weight excluding hydrogens is 264 g/mol. The molecule has 4 heteroatoms. The van der Waals surface area contributed by atoms with Crippen LogP contribution in [-0.4, -0.2) is 61.0 Å². The van der Waals surface area contributed by atoms with Crippen molar-refractivity contribution in [1.29, 1.82) is 0 Å². The van der Waals surface area contributed by atoms with Crippen LogP contribution >= 0.6 is 0 Å². The van der Waals surface area contributed by atoms with Crippen LogP contribution in [0.4, 0.5) is 0 Å². The normalized spacial score (nSPS) is 19.4. The first-order valence-electron chi connectivity index (χ1n) is 8.46. The van der Waals surface area contributed by atoms with Crippen LogP contribution in [0.25, 0.3) is 0 Å². The van der Waals surface area contributed by atoms with Crippen molar-refractivity contribution in [3.05, 3.63) is 0 Å². The Labute approximate surface area is 131 Å². The summed E-state index contributed by atoms with van der Waals surface area (Å²) in [5.74, 6) is 0. The Morgan fingerprint density at radius 3 is 2.33 bits per heavy atom. The zero-order chi connectivity index (χ0) is 15.9. The molecule has 0 aliphatic carbocycles. The number of hydrogen-bond acceptors (Lipinski definition) is 4. The van der Waals surface area contributed by atoms with E-state index in [0.29, 0.717) is 11.5 Å². The van der Waals surface area contributed by atoms with Gasteiger partial charge in [-0.05, 0) is 59.3 Å². The molecule has 21 heavy (non-hydrogen) atoms. The maximum absolute atomic E-state index is 9.12. The van der Waals surface area contributed by atoms with Crippen molar-refractivity contribution in [2.24, 2.45) is 5.41 Å². The maximum Gasteiger partial charge on any atom is 0.0472 e. The van der Waals surface area contributed by atoms with Gasteiger partial charge in [0.1, 0.15) is 0 Å². The summed E-state index contributed by atoms with van der Waals surface area (Å²) >= 11 is 0. The van der Waals surface area contributed by atoms with Gasteiger partial charge in [-0.2, -0.15) is 0 Å². The molecule has 1 saturated heterocycles. The number of ether oxygens (including phenoxy) is 1. The zero-order valence-corrected chi connectivity index (χ0v) is 14.7. The lowest BCUT2D eigenvalue weighted by Crippen LogP contribution is -2.52. The number of nitrogens with zero attached hydrogens (tertiary/aromatic N) is 1. The van der Waals surface area contributed by atoms with Crippen LogP contribution in [0.15, 0.2) is 0 Å². The van der Waals surface area contributed by atoms with Gasteiger partial charge in [0.05, 0.1) is 0 Å². The molecule has 0 bridgehead atoms. The fourth-order valence-corrected chi connectivity index (χ4v) is 2.87. The molecular formula is C17H36N2O2. The molecule has 0 amide bonds. The van der Waals surface area contributed by atoms with Crippen molar-refractivity contribution < 1.29 is 9.84 Å². The van der Waals surface area contributed by atoms with Gasteiger partial charge < -0.3 is 20.1 Å². The predicted octanol–water partition coefficient (Wildman–Crippen LogP) is 2.26. The average molecular weight is 300 g/mol. The molecule has 1 aliphatic heterocycles. The van der Waals surface area contributed by atoms with E-state index < -0.39 is 0 Å². The second kappa shape index (κ2) is 8.47. The lowest BCUT2D eigenvalue weighted by atomic mass is 9.78. The van der Waals surface area contributed by atoms with Crippen molar-refractivity contribution in [3.63, 3.8) is 0 Å². The molecule has 2 N–H and O–H groups in total. The highest BCUT2D eigenvalue weighted by Gasteiger charge is 2.35. The van der Waals surface area contributed by atoms with E-state index in [1.807, 2.05) is 0 Å². The minimum atomic E-state index is 0.152. The number of rotatable bonds is 8. The summed E-state index contributed by atoms with van der Waals surface area (Å²) in [6.07, 6.45) is 3.11. The Morgan fingerprint density at radius 1 is 1.24 bits per heavy atom. The maximum atomic E-state index is 9.12. The average Bonchev–Trinajstić information content (AvgIpc) is 2.41. The Balaban J connectivity index is 2.70. The van der Waals surface area contributed by atoms with E-state index in [2.05, 4.69) is 44.8 Å². The molecule has 1 aliphatic rings. The molecule has 0 unspecified atom stereocenters. The summed E-state index contributed by atoms with van der Waals surface area (Å²) in [6.45, 7) is 16.3. The Kier molecular flexibility index (Phi) is 7.62. The van der Waals surface area contributed by atoms with Crippen molar-refractivity contribution in [2.45, 2.75) is 65.5 Å². The summed E-state index contributed by atoms with van der Waals surface area (Å²) in [4.78, 5) is 2.52. The van der Waals surface area contributed by atoms with Gasteiger partial charge in [-0.25, -0.2) is 0 Å². The molecule has 1 heterocycles. The highest BCUT2D eigenvalue weighted by Crippen LogP contribution is 2.32. The largest absolute Gasteiger partial charge is 0.396 e. The monoisotopic (exact) mass is 300 g/mol. The van der Waals surface area contributed by atoms with Crippen LogP contribution in [0.5, 0.6) is 0 Å². The number of aliphatic hydroxyl groups excluding tert-OH is 1. The smallest absolute Gasteiger partial charge is 0.0472 e. The number of hydrogen-bond donors (Lipinski definition) is 2. The van der Waals surface area contributed by atoms with E-state index in [9.17, 15) is 0 Å². The fraction of sp³-hybridized carbons (Fsp3) is 1.00. The summed E-state index contributed by atoms with van der Waals surface area (Å²) < 4.78 is 5.59. The minimum Gasteiger partial charge on any atom is -0.396 e. The van der Waals surface area contributed by atoms with Gasteiger partial charge in [0.15, 0.2) is 0 Å². The highest BCUT2D eigenvalue weighted by atomic mass is 16.5. The van der Waals surface area contributed by atoms with Crippen LogP contribution in [0.1, 0.15) is 53.9 Å². The minimum absolute atomic E-state index is 0.152. The van der Waals surface area contributed by atoms with Crippen LogP contribution in [0, 0.1) is 5.41 Å². The van der Waals surface area contributed by atoms with Gasteiger partial charge in [-0.15, -0.1) is 0 Å². The molecule has 0 aromatic carbocycles. The second-order valence-corrected chi connectivity index (χ2v) is 7.86. The topological polar surface area (TPSA) is 44.7 Å². The molecule has 126 valence electrons. The van der Waals surface area contributed by atoms with Gasteiger partial charge in [-0.1, -0.05) is 0 Å². The molecule has 0 aromatic heterocycles. The predicted molar refractivity (Wildman–Crippen MR) is 88.7 cm³/mol. The standard InChI is InChI=1S/C17H36N2O2/c1-15(2)19(9-6-10-20)14-17(7-11-21-12-8-17)13-18-16(3,4)5/h15,18,20H,6-14H2,1-5H3. The summed E-state index contributed by atoms with van der Waals surface area (Å²) in [5.41, 5.74) is 0.449. The van der Waals surface area contributed by atoms with Crippen molar-refractivity contribution in [2.75, 3.05) is 39.5 Å². The Hall–Kier alpha value is -0.160. The lowest BCUT2D eigenvalue weighted by Gasteiger charge is -2.44. The molecule has 0 saturated carbocycles. The Morgan fingerprint density at radius 2 is 1.86 bits per heavy atom. The van der Waals surface area contributed by atoms with E-state index in [1.54, 1.807) is 0 Å². The Bertz CT molecular complexity index is 281. The highest BCUT2D eigenvalue weighted by molar-refractivity contribution is 4.90. The molecule has 0 aromatic rings. The van der Waals surface area contributed by atoms with Crippen molar-refractivity contribution in [3.8, 4) is 0 Å². The molecule has 0 atom stereocenters. The van der Waals surface area contributed by atoms with Gasteiger partial charge >= 0.3 is 0 Å². The summed E-state index contributed by atoms with van der Waals surface area (Å²) in [5, 5.41) is 12.8. The van der Waals surface area contributed by atoms with Gasteiger partial charge in [0.2, 0.25) is 0 Å². The van der Waals surface area contributed by atoms with Crippen LogP contribution in [0.3, 0.4) is 0 Å². The molecule has 0 spiro atoms. The van der Waals surface area contributed by atoms with E-state index >= 15 is 0 Å². The van der Waals surface area contributed by atoms with Crippen LogP contribution < -0.4 is 5.32 Å². The van der Waals surface area contributed by atoms with E-state index in [1.165, 1.54) is 0 Å². The first kappa shape index (κ1) is 18.9. The third-order valence-electron chi connectivity index (χ3n) is 4.42. The van der Waals surface area contributed by atoms with Gasteiger partial charge in [0.25, 0.3) is 0 Å². The number of nitrogens with one attached hydrogen (secondary N) is 1. The third kappa shape index (κ3) is 7.09. The van der Waals surface area contributed by atoms with E-state index in [-0.39, 0.29) is 12.1 Å². The van der Waals surface area contributed by atoms with Gasteiger partial charge in [-0.3, -0.25) is 0 Å². The molecule has 1 fully saturated rings. The zero-order valence-electron chi connectivity index (χ0n) is 14.7. The summed E-state index contributed by atoms with van der Waals surface area (Å²) in [6, 6.07) is 0.519. The fourth-order valence-electron chi connectivity index (χ4n) is 2.87. The quantitative estimate of drug-likeness (QED) is 0.722. The van der Waals surface area contributed by atoms with E-state index in [0.717, 1.165) is 52.1 Å². The lowest BCUT2D eigenvalue weighted by molar-refractivity contribution is -0.0130. The summed E-state index contributed by atoms with van der Waals surface area (Å²) in [7, 11) is 0. The second-order valence-electron chi connectivity index (χ2n) is 7.86. The first-order valence-corrected chi connectivity index (χ1v) is 8.46. The molecule has 0 radical (unpaired) electrons. The SMILES string of the molecule is CC(C)N(CCCO)CC1(CNC(C)(C)C)CCOCC1. The van der Waals surface area contributed by atoms with Crippen LogP contribution in [-0.2, 0) is 4.74 Å². The van der Waals surface area contributed by atoms with E-state index in [4.69, 9.17) is 9.84 Å². The van der Waals surface area contributed by atoms with Crippen molar-refractivity contribution >= 4 is 0 Å². The third-order valence-corrected chi connectivity index (χ3v) is 4.42.